The zero-order valence-corrected chi connectivity index (χ0v) is 9.11. The Labute approximate surface area is 97.9 Å². The Hall–Kier alpha value is -2.43. The van der Waals surface area contributed by atoms with Crippen LogP contribution in [0.3, 0.4) is 0 Å². The highest BCUT2D eigenvalue weighted by molar-refractivity contribution is 5.81. The number of hydrogen-bond acceptors (Lipinski definition) is 4. The first kappa shape index (κ1) is 9.77. The third-order valence-electron chi connectivity index (χ3n) is 2.64. The monoisotopic (exact) mass is 225 g/mol. The lowest BCUT2D eigenvalue weighted by Gasteiger charge is -2.06. The first-order valence-electron chi connectivity index (χ1n) is 5.29. The molecule has 0 unspecified atom stereocenters. The van der Waals surface area contributed by atoms with Crippen molar-refractivity contribution in [1.82, 2.24) is 19.7 Å². The summed E-state index contributed by atoms with van der Waals surface area (Å²) < 4.78 is 1.72. The van der Waals surface area contributed by atoms with Gasteiger partial charge in [0.2, 0.25) is 0 Å². The molecule has 5 nitrogen and oxygen atoms in total. The van der Waals surface area contributed by atoms with Gasteiger partial charge >= 0.3 is 0 Å². The molecule has 0 aliphatic rings. The predicted octanol–water partition coefficient (Wildman–Crippen LogP) is 1.46. The fraction of sp³-hybridized carbons (Fsp3) is 0.0833. The van der Waals surface area contributed by atoms with Crippen molar-refractivity contribution in [2.75, 3.05) is 5.73 Å². The predicted molar refractivity (Wildman–Crippen MR) is 65.3 cm³/mol. The van der Waals surface area contributed by atoms with Crippen LogP contribution in [0.5, 0.6) is 0 Å². The Morgan fingerprint density at radius 1 is 1.24 bits per heavy atom. The van der Waals surface area contributed by atoms with Gasteiger partial charge in [0.25, 0.3) is 0 Å². The van der Waals surface area contributed by atoms with Crippen LogP contribution in [-0.2, 0) is 6.54 Å². The second-order valence-corrected chi connectivity index (χ2v) is 3.82. The minimum Gasteiger partial charge on any atom is -0.383 e. The van der Waals surface area contributed by atoms with Crippen molar-refractivity contribution in [3.05, 3.63) is 48.5 Å². The van der Waals surface area contributed by atoms with E-state index in [0.29, 0.717) is 12.4 Å². The van der Waals surface area contributed by atoms with Crippen LogP contribution < -0.4 is 5.73 Å². The molecule has 84 valence electrons. The van der Waals surface area contributed by atoms with Crippen molar-refractivity contribution in [2.45, 2.75) is 6.54 Å². The van der Waals surface area contributed by atoms with Crippen LogP contribution in [0.25, 0.3) is 10.9 Å². The third-order valence-corrected chi connectivity index (χ3v) is 2.64. The molecule has 0 aliphatic carbocycles. The van der Waals surface area contributed by atoms with E-state index in [-0.39, 0.29) is 0 Å². The number of pyridine rings is 1. The quantitative estimate of drug-likeness (QED) is 0.716. The summed E-state index contributed by atoms with van der Waals surface area (Å²) in [7, 11) is 0. The average molecular weight is 225 g/mol. The van der Waals surface area contributed by atoms with Crippen LogP contribution in [0.15, 0.2) is 43.0 Å². The van der Waals surface area contributed by atoms with Gasteiger partial charge in [-0.3, -0.25) is 0 Å². The van der Waals surface area contributed by atoms with Gasteiger partial charge in [0, 0.05) is 10.9 Å². The number of rotatable bonds is 2. The minimum atomic E-state index is 0.541. The minimum absolute atomic E-state index is 0.541. The lowest BCUT2D eigenvalue weighted by Crippen LogP contribution is -2.05. The first-order valence-corrected chi connectivity index (χ1v) is 5.29. The highest BCUT2D eigenvalue weighted by atomic mass is 15.3. The van der Waals surface area contributed by atoms with E-state index in [2.05, 4.69) is 15.1 Å². The SMILES string of the molecule is Nc1nc2ccccc2cc1Cn1cncn1. The number of anilines is 1. The summed E-state index contributed by atoms with van der Waals surface area (Å²) in [4.78, 5) is 8.27. The number of nitrogens with zero attached hydrogens (tertiary/aromatic N) is 4. The van der Waals surface area contributed by atoms with Crippen molar-refractivity contribution < 1.29 is 0 Å². The molecule has 2 aromatic heterocycles. The zero-order chi connectivity index (χ0) is 11.7. The van der Waals surface area contributed by atoms with Crippen LogP contribution in [0.2, 0.25) is 0 Å². The molecular weight excluding hydrogens is 214 g/mol. The molecule has 1 aromatic carbocycles. The molecular formula is C12H11N5. The van der Waals surface area contributed by atoms with Gasteiger partial charge in [-0.25, -0.2) is 14.6 Å². The van der Waals surface area contributed by atoms with Crippen molar-refractivity contribution in [1.29, 1.82) is 0 Å². The maximum atomic E-state index is 5.93. The maximum absolute atomic E-state index is 5.93. The molecule has 0 bridgehead atoms. The van der Waals surface area contributed by atoms with Gasteiger partial charge in [0.1, 0.15) is 18.5 Å². The van der Waals surface area contributed by atoms with Crippen molar-refractivity contribution in [3.63, 3.8) is 0 Å². The Morgan fingerprint density at radius 3 is 2.94 bits per heavy atom. The summed E-state index contributed by atoms with van der Waals surface area (Å²) in [5, 5.41) is 5.14. The van der Waals surface area contributed by atoms with Gasteiger partial charge < -0.3 is 5.73 Å². The number of nitrogens with two attached hydrogens (primary N) is 1. The van der Waals surface area contributed by atoms with Crippen LogP contribution in [0.1, 0.15) is 5.56 Å². The largest absolute Gasteiger partial charge is 0.383 e. The van der Waals surface area contributed by atoms with Crippen LogP contribution in [-0.4, -0.2) is 19.7 Å². The molecule has 0 fully saturated rings. The lowest BCUT2D eigenvalue weighted by molar-refractivity contribution is 0.685. The van der Waals surface area contributed by atoms with Crippen LogP contribution in [0.4, 0.5) is 5.82 Å². The average Bonchev–Trinajstić information content (AvgIpc) is 2.83. The zero-order valence-electron chi connectivity index (χ0n) is 9.11. The first-order chi connectivity index (χ1) is 8.33. The highest BCUT2D eigenvalue weighted by Gasteiger charge is 2.04. The molecule has 17 heavy (non-hydrogen) atoms. The molecule has 0 radical (unpaired) electrons. The van der Waals surface area contributed by atoms with E-state index in [9.17, 15) is 0 Å². The maximum Gasteiger partial charge on any atom is 0.137 e. The molecule has 3 rings (SSSR count). The molecule has 3 aromatic rings. The summed E-state index contributed by atoms with van der Waals surface area (Å²) in [6.07, 6.45) is 3.17. The van der Waals surface area contributed by atoms with Gasteiger partial charge in [0.15, 0.2) is 0 Å². The fourth-order valence-electron chi connectivity index (χ4n) is 1.79. The molecule has 0 saturated carbocycles. The van der Waals surface area contributed by atoms with Crippen LogP contribution in [0, 0.1) is 0 Å². The van der Waals surface area contributed by atoms with Crippen molar-refractivity contribution >= 4 is 16.7 Å². The summed E-state index contributed by atoms with van der Waals surface area (Å²) in [6.45, 7) is 0.587. The number of benzene rings is 1. The van der Waals surface area contributed by atoms with E-state index in [4.69, 9.17) is 5.73 Å². The number of hydrogen-bond donors (Lipinski definition) is 1. The fourth-order valence-corrected chi connectivity index (χ4v) is 1.79. The molecule has 0 atom stereocenters. The van der Waals surface area contributed by atoms with Crippen molar-refractivity contribution in [3.8, 4) is 0 Å². The van der Waals surface area contributed by atoms with Crippen molar-refractivity contribution in [2.24, 2.45) is 0 Å². The van der Waals surface area contributed by atoms with E-state index in [1.54, 1.807) is 11.0 Å². The molecule has 0 aliphatic heterocycles. The molecule has 0 saturated heterocycles. The molecule has 5 heteroatoms. The summed E-state index contributed by atoms with van der Waals surface area (Å²) in [6, 6.07) is 9.95. The summed E-state index contributed by atoms with van der Waals surface area (Å²) in [5.74, 6) is 0.541. The van der Waals surface area contributed by atoms with E-state index < -0.39 is 0 Å². The standard InChI is InChI=1S/C12H11N5/c13-12-10(6-17-8-14-7-15-17)5-9-3-1-2-4-11(9)16-12/h1-5,7-8H,6H2,(H2,13,16). The van der Waals surface area contributed by atoms with E-state index in [0.717, 1.165) is 16.5 Å². The van der Waals surface area contributed by atoms with Gasteiger partial charge in [-0.05, 0) is 12.1 Å². The van der Waals surface area contributed by atoms with Gasteiger partial charge in [-0.15, -0.1) is 0 Å². The number of nitrogen functional groups attached to an aromatic ring is 1. The van der Waals surface area contributed by atoms with Gasteiger partial charge in [0.05, 0.1) is 12.1 Å². The Balaban J connectivity index is 2.07. The summed E-state index contributed by atoms with van der Waals surface area (Å²) >= 11 is 0. The molecule has 2 N–H and O–H groups in total. The number of para-hydroxylation sites is 1. The Morgan fingerprint density at radius 2 is 2.12 bits per heavy atom. The third kappa shape index (κ3) is 1.82. The van der Waals surface area contributed by atoms with Gasteiger partial charge in [-0.1, -0.05) is 18.2 Å². The van der Waals surface area contributed by atoms with E-state index in [1.807, 2.05) is 30.3 Å². The number of aromatic nitrogens is 4. The van der Waals surface area contributed by atoms with E-state index >= 15 is 0 Å². The normalized spacial score (nSPS) is 10.8. The second-order valence-electron chi connectivity index (χ2n) is 3.82. The Bertz CT molecular complexity index is 645. The smallest absolute Gasteiger partial charge is 0.137 e. The Kier molecular flexibility index (Phi) is 2.22. The van der Waals surface area contributed by atoms with Gasteiger partial charge in [-0.2, -0.15) is 5.10 Å². The summed E-state index contributed by atoms with van der Waals surface area (Å²) in [5.41, 5.74) is 7.79. The second kappa shape index (κ2) is 3.86. The topological polar surface area (TPSA) is 69.6 Å². The molecule has 0 spiro atoms. The number of fused-ring (bicyclic) bond motifs is 1. The van der Waals surface area contributed by atoms with Crippen LogP contribution >= 0.6 is 0 Å². The van der Waals surface area contributed by atoms with E-state index in [1.165, 1.54) is 6.33 Å². The lowest BCUT2D eigenvalue weighted by atomic mass is 10.1. The molecule has 0 amide bonds. The molecule has 2 heterocycles. The highest BCUT2D eigenvalue weighted by Crippen LogP contribution is 2.18.